The number of aromatic nitrogens is 4. The van der Waals surface area contributed by atoms with Gasteiger partial charge in [-0.2, -0.15) is 9.50 Å². The zero-order chi connectivity index (χ0) is 23.3. The molecule has 4 heterocycles. The minimum Gasteiger partial charge on any atom is -0.439 e. The highest BCUT2D eigenvalue weighted by molar-refractivity contribution is 5.90. The third-order valence-electron chi connectivity index (χ3n) is 5.18. The molecule has 4 aromatic rings. The summed E-state index contributed by atoms with van der Waals surface area (Å²) in [5.41, 5.74) is 7.37. The van der Waals surface area contributed by atoms with E-state index in [1.807, 2.05) is 42.5 Å². The van der Waals surface area contributed by atoms with E-state index < -0.39 is 5.91 Å². The number of carbonyl (C=O) groups excluding carboxylic acids is 1. The maximum absolute atomic E-state index is 11.0. The van der Waals surface area contributed by atoms with E-state index in [-0.39, 0.29) is 0 Å². The van der Waals surface area contributed by atoms with Gasteiger partial charge in [0.25, 0.3) is 0 Å². The highest BCUT2D eigenvalue weighted by Crippen LogP contribution is 2.25. The fourth-order valence-corrected chi connectivity index (χ4v) is 3.56. The second kappa shape index (κ2) is 9.59. The molecule has 0 saturated carbocycles. The smallest absolute Gasteiger partial charge is 0.247 e. The number of nitrogens with one attached hydrogen (secondary N) is 1. The lowest BCUT2D eigenvalue weighted by molar-refractivity contribution is -0.113. The molecule has 172 valence electrons. The molecule has 1 amide bonds. The first kappa shape index (κ1) is 21.4. The zero-order valence-corrected chi connectivity index (χ0v) is 18.3. The van der Waals surface area contributed by atoms with Crippen LogP contribution >= 0.6 is 0 Å². The van der Waals surface area contributed by atoms with Crippen molar-refractivity contribution < 1.29 is 14.3 Å². The summed E-state index contributed by atoms with van der Waals surface area (Å²) in [7, 11) is 0. The molecule has 0 aliphatic carbocycles. The van der Waals surface area contributed by atoms with Gasteiger partial charge in [0.1, 0.15) is 11.6 Å². The first-order valence-electron chi connectivity index (χ1n) is 10.8. The zero-order valence-electron chi connectivity index (χ0n) is 18.3. The third kappa shape index (κ3) is 4.97. The average Bonchev–Trinajstić information content (AvgIpc) is 3.28. The first-order chi connectivity index (χ1) is 16.6. The number of hydrogen-bond acceptors (Lipinski definition) is 8. The Hall–Kier alpha value is -4.44. The van der Waals surface area contributed by atoms with Crippen molar-refractivity contribution in [2.45, 2.75) is 0 Å². The van der Waals surface area contributed by atoms with Gasteiger partial charge in [-0.3, -0.25) is 4.79 Å². The van der Waals surface area contributed by atoms with Crippen LogP contribution in [0.2, 0.25) is 0 Å². The Morgan fingerprint density at radius 1 is 1.12 bits per heavy atom. The van der Waals surface area contributed by atoms with Gasteiger partial charge in [0.2, 0.25) is 17.7 Å². The maximum Gasteiger partial charge on any atom is 0.247 e. The highest BCUT2D eigenvalue weighted by atomic mass is 16.5. The quantitative estimate of drug-likeness (QED) is 0.407. The SMILES string of the molecule is NC(=O)C=Cc1cccc(Oc2cccc3nc(Nc4ccc(N5CCOCC5)nc4)nn23)c1. The number of hydrogen-bond donors (Lipinski definition) is 2. The van der Waals surface area contributed by atoms with Crippen LogP contribution in [0.3, 0.4) is 0 Å². The van der Waals surface area contributed by atoms with Crippen molar-refractivity contribution in [1.82, 2.24) is 19.6 Å². The van der Waals surface area contributed by atoms with Crippen LogP contribution in [-0.4, -0.2) is 51.8 Å². The monoisotopic (exact) mass is 457 g/mol. The summed E-state index contributed by atoms with van der Waals surface area (Å²) in [6.07, 6.45) is 4.70. The molecule has 10 nitrogen and oxygen atoms in total. The molecule has 1 fully saturated rings. The van der Waals surface area contributed by atoms with Gasteiger partial charge in [-0.1, -0.05) is 18.2 Å². The van der Waals surface area contributed by atoms with E-state index >= 15 is 0 Å². The summed E-state index contributed by atoms with van der Waals surface area (Å²) in [6.45, 7) is 3.10. The van der Waals surface area contributed by atoms with E-state index in [0.29, 0.717) is 36.4 Å². The maximum atomic E-state index is 11.0. The van der Waals surface area contributed by atoms with Gasteiger partial charge in [-0.25, -0.2) is 4.98 Å². The topological polar surface area (TPSA) is 120 Å². The summed E-state index contributed by atoms with van der Waals surface area (Å²) in [6, 6.07) is 16.7. The fraction of sp³-hybridized carbons (Fsp3) is 0.167. The van der Waals surface area contributed by atoms with Crippen LogP contribution in [0.1, 0.15) is 5.56 Å². The number of pyridine rings is 2. The Labute approximate surface area is 195 Å². The summed E-state index contributed by atoms with van der Waals surface area (Å²) >= 11 is 0. The third-order valence-corrected chi connectivity index (χ3v) is 5.18. The average molecular weight is 457 g/mol. The van der Waals surface area contributed by atoms with E-state index in [1.54, 1.807) is 28.9 Å². The number of amides is 1. The molecule has 0 atom stereocenters. The Bertz CT molecular complexity index is 1330. The van der Waals surface area contributed by atoms with Crippen molar-refractivity contribution in [2.75, 3.05) is 36.5 Å². The number of primary amides is 1. The number of nitrogens with two attached hydrogens (primary N) is 1. The molecule has 1 aliphatic rings. The van der Waals surface area contributed by atoms with Gasteiger partial charge in [0.05, 0.1) is 25.1 Å². The van der Waals surface area contributed by atoms with E-state index in [4.69, 9.17) is 15.2 Å². The predicted molar refractivity (Wildman–Crippen MR) is 128 cm³/mol. The first-order valence-corrected chi connectivity index (χ1v) is 10.8. The lowest BCUT2D eigenvalue weighted by atomic mass is 10.2. The molecule has 0 bridgehead atoms. The normalized spacial score (nSPS) is 13.9. The Morgan fingerprint density at radius 3 is 2.76 bits per heavy atom. The lowest BCUT2D eigenvalue weighted by Gasteiger charge is -2.27. The van der Waals surface area contributed by atoms with E-state index in [0.717, 1.165) is 30.2 Å². The fourth-order valence-electron chi connectivity index (χ4n) is 3.56. The molecule has 0 spiro atoms. The van der Waals surface area contributed by atoms with Crippen LogP contribution in [-0.2, 0) is 9.53 Å². The van der Waals surface area contributed by atoms with Crippen molar-refractivity contribution in [2.24, 2.45) is 5.73 Å². The molecule has 1 aromatic carbocycles. The molecular formula is C24H23N7O3. The molecule has 1 saturated heterocycles. The Morgan fingerprint density at radius 2 is 1.97 bits per heavy atom. The molecule has 3 aromatic heterocycles. The van der Waals surface area contributed by atoms with Gasteiger partial charge in [-0.15, -0.1) is 5.10 Å². The van der Waals surface area contributed by atoms with Crippen molar-refractivity contribution in [3.05, 3.63) is 72.4 Å². The lowest BCUT2D eigenvalue weighted by Crippen LogP contribution is -2.36. The number of rotatable bonds is 7. The number of morpholine rings is 1. The minimum absolute atomic E-state index is 0.426. The number of benzene rings is 1. The van der Waals surface area contributed by atoms with Crippen LogP contribution < -0.4 is 20.7 Å². The van der Waals surface area contributed by atoms with Gasteiger partial charge >= 0.3 is 0 Å². The van der Waals surface area contributed by atoms with Gasteiger partial charge in [0, 0.05) is 25.2 Å². The van der Waals surface area contributed by atoms with Crippen molar-refractivity contribution in [3.63, 3.8) is 0 Å². The molecule has 1 aliphatic heterocycles. The van der Waals surface area contributed by atoms with Crippen LogP contribution in [0.4, 0.5) is 17.5 Å². The van der Waals surface area contributed by atoms with Crippen LogP contribution in [0.5, 0.6) is 11.6 Å². The number of carbonyl (C=O) groups is 1. The second-order valence-corrected chi connectivity index (χ2v) is 7.61. The van der Waals surface area contributed by atoms with E-state index in [1.165, 1.54) is 6.08 Å². The van der Waals surface area contributed by atoms with E-state index in [2.05, 4.69) is 25.3 Å². The predicted octanol–water partition coefficient (Wildman–Crippen LogP) is 3.00. The second-order valence-electron chi connectivity index (χ2n) is 7.61. The molecule has 34 heavy (non-hydrogen) atoms. The number of nitrogens with zero attached hydrogens (tertiary/aromatic N) is 5. The summed E-state index contributed by atoms with van der Waals surface area (Å²) in [5, 5.41) is 7.73. The summed E-state index contributed by atoms with van der Waals surface area (Å²) in [5.74, 6) is 1.92. The van der Waals surface area contributed by atoms with Crippen molar-refractivity contribution >= 4 is 35.1 Å². The molecule has 10 heteroatoms. The molecule has 3 N–H and O–H groups in total. The van der Waals surface area contributed by atoms with E-state index in [9.17, 15) is 4.79 Å². The van der Waals surface area contributed by atoms with Crippen LogP contribution in [0.15, 0.2) is 66.9 Å². The molecule has 0 radical (unpaired) electrons. The van der Waals surface area contributed by atoms with Crippen molar-refractivity contribution in [3.8, 4) is 11.6 Å². The van der Waals surface area contributed by atoms with Gasteiger partial charge < -0.3 is 25.4 Å². The van der Waals surface area contributed by atoms with Crippen LogP contribution in [0, 0.1) is 0 Å². The molecule has 5 rings (SSSR count). The minimum atomic E-state index is -0.510. The largest absolute Gasteiger partial charge is 0.439 e. The Balaban J connectivity index is 1.33. The van der Waals surface area contributed by atoms with Gasteiger partial charge in [0.15, 0.2) is 5.65 Å². The molecular weight excluding hydrogens is 434 g/mol. The standard InChI is InChI=1S/C24H23N7O3/c25-20(32)9-7-17-3-1-4-19(15-17)34-23-6-2-5-22-28-24(29-31(22)23)27-18-8-10-21(26-16-18)30-11-13-33-14-12-30/h1-10,15-16H,11-14H2,(H2,25,32)(H,27,29). The number of ether oxygens (including phenoxy) is 2. The van der Waals surface area contributed by atoms with Crippen LogP contribution in [0.25, 0.3) is 11.7 Å². The summed E-state index contributed by atoms with van der Waals surface area (Å²) < 4.78 is 13.0. The number of fused-ring (bicyclic) bond motifs is 1. The summed E-state index contributed by atoms with van der Waals surface area (Å²) in [4.78, 5) is 22.3. The number of anilines is 3. The molecule has 0 unspecified atom stereocenters. The van der Waals surface area contributed by atoms with Gasteiger partial charge in [-0.05, 0) is 42.0 Å². The Kier molecular flexibility index (Phi) is 6.04. The van der Waals surface area contributed by atoms with Crippen molar-refractivity contribution in [1.29, 1.82) is 0 Å². The highest BCUT2D eigenvalue weighted by Gasteiger charge is 2.13.